The molecule has 2 nitrogen and oxygen atoms in total. The van der Waals surface area contributed by atoms with Crippen molar-refractivity contribution in [1.82, 2.24) is 4.98 Å². The van der Waals surface area contributed by atoms with E-state index in [0.29, 0.717) is 0 Å². The van der Waals surface area contributed by atoms with Gasteiger partial charge in [-0.1, -0.05) is 30.2 Å². The molecule has 1 N–H and O–H groups in total. The van der Waals surface area contributed by atoms with E-state index in [9.17, 15) is 0 Å². The lowest BCUT2D eigenvalue weighted by molar-refractivity contribution is 1.34. The van der Waals surface area contributed by atoms with Gasteiger partial charge in [-0.05, 0) is 31.0 Å². The average Bonchev–Trinajstić information content (AvgIpc) is 2.55. The van der Waals surface area contributed by atoms with Crippen LogP contribution in [0.15, 0.2) is 12.1 Å². The fraction of sp³-hybridized carbons (Fsp3) is 0.222. The molecule has 0 aliphatic carbocycles. The van der Waals surface area contributed by atoms with E-state index >= 15 is 0 Å². The summed E-state index contributed by atoms with van der Waals surface area (Å²) in [6, 6.07) is 4.22. The van der Waals surface area contributed by atoms with Crippen LogP contribution in [0.4, 0.5) is 5.13 Å². The van der Waals surface area contributed by atoms with Crippen LogP contribution in [0.25, 0.3) is 10.2 Å². The number of anilines is 1. The van der Waals surface area contributed by atoms with Gasteiger partial charge in [-0.3, -0.25) is 0 Å². The number of benzene rings is 1. The van der Waals surface area contributed by atoms with Crippen molar-refractivity contribution >= 4 is 39.5 Å². The summed E-state index contributed by atoms with van der Waals surface area (Å²) in [5.74, 6) is 0. The molecule has 13 heavy (non-hydrogen) atoms. The van der Waals surface area contributed by atoms with Crippen LogP contribution >= 0.6 is 24.2 Å². The van der Waals surface area contributed by atoms with Crippen LogP contribution in [0, 0.1) is 13.8 Å². The molecule has 0 bridgehead atoms. The second kappa shape index (κ2) is 3.20. The Labute approximate surface area is 86.5 Å². The van der Waals surface area contributed by atoms with Crippen molar-refractivity contribution in [2.75, 3.05) is 4.72 Å². The minimum absolute atomic E-state index is 0.854. The Morgan fingerprint density at radius 3 is 2.85 bits per heavy atom. The van der Waals surface area contributed by atoms with Crippen LogP contribution in [0.1, 0.15) is 11.1 Å². The first-order chi connectivity index (χ1) is 6.22. The van der Waals surface area contributed by atoms with Crippen LogP contribution in [0.3, 0.4) is 0 Å². The van der Waals surface area contributed by atoms with Crippen LogP contribution in [0.2, 0.25) is 0 Å². The molecule has 0 radical (unpaired) electrons. The highest BCUT2D eigenvalue weighted by molar-refractivity contribution is 7.82. The first kappa shape index (κ1) is 8.84. The van der Waals surface area contributed by atoms with Crippen molar-refractivity contribution in [3.05, 3.63) is 23.3 Å². The first-order valence-corrected chi connectivity index (χ1v) is 5.25. The number of hydrogen-bond donors (Lipinski definition) is 2. The van der Waals surface area contributed by atoms with E-state index in [1.54, 1.807) is 11.3 Å². The molecule has 2 aromatic rings. The zero-order valence-corrected chi connectivity index (χ0v) is 9.17. The van der Waals surface area contributed by atoms with Gasteiger partial charge in [-0.15, -0.1) is 0 Å². The minimum Gasteiger partial charge on any atom is -0.308 e. The van der Waals surface area contributed by atoms with Gasteiger partial charge in [0.05, 0.1) is 10.2 Å². The maximum absolute atomic E-state index is 4.42. The highest BCUT2D eigenvalue weighted by Crippen LogP contribution is 2.29. The molecular formula is C9H10N2S2. The number of fused-ring (bicyclic) bond motifs is 1. The van der Waals surface area contributed by atoms with E-state index in [-0.39, 0.29) is 0 Å². The summed E-state index contributed by atoms with van der Waals surface area (Å²) in [4.78, 5) is 4.42. The van der Waals surface area contributed by atoms with Gasteiger partial charge in [0.15, 0.2) is 5.13 Å². The number of nitrogens with one attached hydrogen (secondary N) is 1. The molecule has 0 unspecified atom stereocenters. The Morgan fingerprint density at radius 2 is 2.15 bits per heavy atom. The standard InChI is InChI=1S/C9H10N2S2/c1-5-3-4-7-8(6(5)2)10-9(11-12)13-7/h3-4,12H,1-2H3,(H,10,11). The zero-order valence-electron chi connectivity index (χ0n) is 7.46. The molecule has 0 atom stereocenters. The van der Waals surface area contributed by atoms with Gasteiger partial charge < -0.3 is 4.72 Å². The topological polar surface area (TPSA) is 24.9 Å². The number of thiazole rings is 1. The number of aryl methyl sites for hydroxylation is 2. The van der Waals surface area contributed by atoms with E-state index in [2.05, 4.69) is 48.5 Å². The number of rotatable bonds is 1. The Hall–Kier alpha value is -0.740. The summed E-state index contributed by atoms with van der Waals surface area (Å²) in [5.41, 5.74) is 3.62. The SMILES string of the molecule is Cc1ccc2sc(NS)nc2c1C. The fourth-order valence-electron chi connectivity index (χ4n) is 1.27. The third-order valence-electron chi connectivity index (χ3n) is 2.18. The zero-order chi connectivity index (χ0) is 9.42. The smallest absolute Gasteiger partial charge is 0.193 e. The van der Waals surface area contributed by atoms with Gasteiger partial charge >= 0.3 is 0 Å². The number of thiol groups is 1. The Bertz CT molecular complexity index is 448. The fourth-order valence-corrected chi connectivity index (χ4v) is 2.28. The highest BCUT2D eigenvalue weighted by Gasteiger charge is 2.05. The maximum Gasteiger partial charge on any atom is 0.193 e. The molecule has 0 spiro atoms. The van der Waals surface area contributed by atoms with Crippen molar-refractivity contribution < 1.29 is 0 Å². The van der Waals surface area contributed by atoms with Gasteiger partial charge in [0.2, 0.25) is 0 Å². The molecule has 0 saturated carbocycles. The second-order valence-electron chi connectivity index (χ2n) is 2.99. The summed E-state index contributed by atoms with van der Waals surface area (Å²) >= 11 is 5.60. The third kappa shape index (κ3) is 1.40. The minimum atomic E-state index is 0.854. The Balaban J connectivity index is 2.76. The van der Waals surface area contributed by atoms with Crippen molar-refractivity contribution in [3.8, 4) is 0 Å². The Morgan fingerprint density at radius 1 is 1.38 bits per heavy atom. The second-order valence-corrected chi connectivity index (χ2v) is 4.24. The molecule has 4 heteroatoms. The van der Waals surface area contributed by atoms with E-state index in [4.69, 9.17) is 0 Å². The molecule has 1 aromatic heterocycles. The lowest BCUT2D eigenvalue weighted by atomic mass is 10.1. The van der Waals surface area contributed by atoms with Crippen molar-refractivity contribution in [1.29, 1.82) is 0 Å². The first-order valence-electron chi connectivity index (χ1n) is 3.99. The monoisotopic (exact) mass is 210 g/mol. The summed E-state index contributed by atoms with van der Waals surface area (Å²) in [7, 11) is 0. The molecule has 0 amide bonds. The van der Waals surface area contributed by atoms with Crippen LogP contribution in [-0.2, 0) is 0 Å². The van der Waals surface area contributed by atoms with Crippen molar-refractivity contribution in [2.45, 2.75) is 13.8 Å². The summed E-state index contributed by atoms with van der Waals surface area (Å²) < 4.78 is 3.97. The van der Waals surface area contributed by atoms with Crippen molar-refractivity contribution in [2.24, 2.45) is 0 Å². The van der Waals surface area contributed by atoms with E-state index in [1.807, 2.05) is 0 Å². The molecule has 0 aliphatic rings. The highest BCUT2D eigenvalue weighted by atomic mass is 32.1. The maximum atomic E-state index is 4.42. The van der Waals surface area contributed by atoms with Crippen LogP contribution < -0.4 is 4.72 Å². The predicted molar refractivity (Wildman–Crippen MR) is 61.7 cm³/mol. The molecule has 1 heterocycles. The lowest BCUT2D eigenvalue weighted by Gasteiger charge is -1.97. The number of nitrogens with zero attached hydrogens (tertiary/aromatic N) is 1. The summed E-state index contributed by atoms with van der Waals surface area (Å²) in [6.45, 7) is 4.20. The lowest BCUT2D eigenvalue weighted by Crippen LogP contribution is -1.82. The summed E-state index contributed by atoms with van der Waals surface area (Å²) in [6.07, 6.45) is 0. The molecular weight excluding hydrogens is 200 g/mol. The molecule has 0 saturated heterocycles. The number of aromatic nitrogens is 1. The molecule has 2 rings (SSSR count). The van der Waals surface area contributed by atoms with Crippen LogP contribution in [-0.4, -0.2) is 4.98 Å². The Kier molecular flexibility index (Phi) is 2.17. The van der Waals surface area contributed by atoms with Gasteiger partial charge in [-0.2, -0.15) is 0 Å². The van der Waals surface area contributed by atoms with Gasteiger partial charge in [0.25, 0.3) is 0 Å². The predicted octanol–water partition coefficient (Wildman–Crippen LogP) is 3.17. The molecule has 68 valence electrons. The summed E-state index contributed by atoms with van der Waals surface area (Å²) in [5, 5.41) is 0.854. The van der Waals surface area contributed by atoms with E-state index < -0.39 is 0 Å². The quantitative estimate of drug-likeness (QED) is 0.707. The van der Waals surface area contributed by atoms with Gasteiger partial charge in [-0.25, -0.2) is 4.98 Å². The third-order valence-corrected chi connectivity index (χ3v) is 3.48. The average molecular weight is 210 g/mol. The van der Waals surface area contributed by atoms with Crippen molar-refractivity contribution in [3.63, 3.8) is 0 Å². The molecule has 0 aliphatic heterocycles. The van der Waals surface area contributed by atoms with Gasteiger partial charge in [0.1, 0.15) is 0 Å². The van der Waals surface area contributed by atoms with E-state index in [0.717, 1.165) is 10.6 Å². The molecule has 1 aromatic carbocycles. The van der Waals surface area contributed by atoms with Crippen LogP contribution in [0.5, 0.6) is 0 Å². The normalized spacial score (nSPS) is 10.7. The number of hydrogen-bond acceptors (Lipinski definition) is 4. The van der Waals surface area contributed by atoms with E-state index in [1.165, 1.54) is 15.8 Å². The van der Waals surface area contributed by atoms with Gasteiger partial charge in [0, 0.05) is 0 Å². The largest absolute Gasteiger partial charge is 0.308 e. The molecule has 0 fully saturated rings.